The highest BCUT2D eigenvalue weighted by molar-refractivity contribution is 5.48. The first kappa shape index (κ1) is 16.2. The quantitative estimate of drug-likeness (QED) is 0.361. The predicted octanol–water partition coefficient (Wildman–Crippen LogP) is 2.23. The summed E-state index contributed by atoms with van der Waals surface area (Å²) in [6.45, 7) is -1.75. The van der Waals surface area contributed by atoms with Crippen LogP contribution in [0.2, 0.25) is 0 Å². The van der Waals surface area contributed by atoms with Crippen LogP contribution in [-0.2, 0) is 11.3 Å². The van der Waals surface area contributed by atoms with Gasteiger partial charge in [-0.2, -0.15) is 13.2 Å². The first-order valence-corrected chi connectivity index (χ1v) is 5.52. The van der Waals surface area contributed by atoms with Crippen molar-refractivity contribution in [3.63, 3.8) is 0 Å². The number of benzene rings is 1. The smallest absolute Gasteiger partial charge is 0.411 e. The Morgan fingerprint density at radius 1 is 1.40 bits per heavy atom. The average molecular weight is 294 g/mol. The molecule has 0 aliphatic heterocycles. The van der Waals surface area contributed by atoms with Gasteiger partial charge in [0.15, 0.2) is 12.5 Å². The standard InChI is InChI=1S/C11H13F3N2O4/c1-15-5-8-2-3-9(16(17)18)10(4-8)20-7-19-6-11(12,13)14/h2-4,15H,5-7H2,1H3. The van der Waals surface area contributed by atoms with Crippen LogP contribution in [0.4, 0.5) is 18.9 Å². The molecule has 0 heterocycles. The van der Waals surface area contributed by atoms with E-state index in [9.17, 15) is 23.3 Å². The molecule has 1 N–H and O–H groups in total. The summed E-state index contributed by atoms with van der Waals surface area (Å²) in [5, 5.41) is 13.6. The molecular weight excluding hydrogens is 281 g/mol. The number of rotatable bonds is 7. The maximum Gasteiger partial charge on any atom is 0.411 e. The first-order valence-electron chi connectivity index (χ1n) is 5.52. The third-order valence-corrected chi connectivity index (χ3v) is 2.17. The summed E-state index contributed by atoms with van der Waals surface area (Å²) >= 11 is 0. The van der Waals surface area contributed by atoms with Crippen LogP contribution in [0, 0.1) is 10.1 Å². The van der Waals surface area contributed by atoms with E-state index in [-0.39, 0.29) is 11.4 Å². The largest absolute Gasteiger partial charge is 0.460 e. The third kappa shape index (κ3) is 5.41. The van der Waals surface area contributed by atoms with Crippen molar-refractivity contribution in [2.24, 2.45) is 0 Å². The van der Waals surface area contributed by atoms with E-state index in [1.54, 1.807) is 7.05 Å². The molecule has 0 atom stereocenters. The second kappa shape index (κ2) is 7.06. The molecule has 0 radical (unpaired) electrons. The van der Waals surface area contributed by atoms with Crippen molar-refractivity contribution < 1.29 is 27.6 Å². The number of nitrogens with zero attached hydrogens (tertiary/aromatic N) is 1. The molecular formula is C11H13F3N2O4. The average Bonchev–Trinajstić information content (AvgIpc) is 2.34. The minimum atomic E-state index is -4.47. The van der Waals surface area contributed by atoms with Gasteiger partial charge >= 0.3 is 11.9 Å². The fourth-order valence-electron chi connectivity index (χ4n) is 1.40. The van der Waals surface area contributed by atoms with Gasteiger partial charge in [0, 0.05) is 12.6 Å². The van der Waals surface area contributed by atoms with Crippen molar-refractivity contribution in [1.29, 1.82) is 0 Å². The van der Waals surface area contributed by atoms with E-state index >= 15 is 0 Å². The molecule has 0 amide bonds. The highest BCUT2D eigenvalue weighted by Gasteiger charge is 2.27. The third-order valence-electron chi connectivity index (χ3n) is 2.17. The summed E-state index contributed by atoms with van der Waals surface area (Å²) in [4.78, 5) is 10.1. The number of nitro groups is 1. The Bertz CT molecular complexity index is 465. The second-order valence-electron chi connectivity index (χ2n) is 3.82. The Labute approximate surface area is 112 Å². The van der Waals surface area contributed by atoms with Crippen LogP contribution >= 0.6 is 0 Å². The SMILES string of the molecule is CNCc1ccc([N+](=O)[O-])c(OCOCC(F)(F)F)c1. The van der Waals surface area contributed by atoms with E-state index in [1.807, 2.05) is 0 Å². The van der Waals surface area contributed by atoms with Crippen LogP contribution in [0.15, 0.2) is 18.2 Å². The maximum absolute atomic E-state index is 11.9. The van der Waals surface area contributed by atoms with Crippen molar-refractivity contribution in [3.05, 3.63) is 33.9 Å². The molecule has 0 unspecified atom stereocenters. The van der Waals surface area contributed by atoms with Gasteiger partial charge in [-0.25, -0.2) is 0 Å². The molecule has 0 saturated carbocycles. The lowest BCUT2D eigenvalue weighted by Gasteiger charge is -2.10. The molecule has 1 aromatic carbocycles. The van der Waals surface area contributed by atoms with Crippen molar-refractivity contribution >= 4 is 5.69 Å². The molecule has 1 aromatic rings. The Balaban J connectivity index is 2.70. The van der Waals surface area contributed by atoms with E-state index in [0.717, 1.165) is 0 Å². The number of halogens is 3. The highest BCUT2D eigenvalue weighted by Crippen LogP contribution is 2.28. The lowest BCUT2D eigenvalue weighted by molar-refractivity contribution is -0.386. The summed E-state index contributed by atoms with van der Waals surface area (Å²) in [5.74, 6) is -0.134. The van der Waals surface area contributed by atoms with Crippen LogP contribution in [0.3, 0.4) is 0 Å². The zero-order valence-electron chi connectivity index (χ0n) is 10.6. The predicted molar refractivity (Wildman–Crippen MR) is 63.4 cm³/mol. The number of nitrogens with one attached hydrogen (secondary N) is 1. The lowest BCUT2D eigenvalue weighted by atomic mass is 10.2. The molecule has 0 fully saturated rings. The number of alkyl halides is 3. The second-order valence-corrected chi connectivity index (χ2v) is 3.82. The van der Waals surface area contributed by atoms with Crippen LogP contribution in [-0.4, -0.2) is 31.5 Å². The van der Waals surface area contributed by atoms with Gasteiger partial charge in [0.05, 0.1) is 4.92 Å². The van der Waals surface area contributed by atoms with Crippen molar-refractivity contribution in [2.75, 3.05) is 20.4 Å². The Morgan fingerprint density at radius 3 is 2.65 bits per heavy atom. The Morgan fingerprint density at radius 2 is 2.10 bits per heavy atom. The van der Waals surface area contributed by atoms with Gasteiger partial charge in [0.2, 0.25) is 0 Å². The van der Waals surface area contributed by atoms with Crippen LogP contribution in [0.5, 0.6) is 5.75 Å². The normalized spacial score (nSPS) is 11.4. The lowest BCUT2D eigenvalue weighted by Crippen LogP contribution is -2.19. The first-order chi connectivity index (χ1) is 9.33. The summed E-state index contributed by atoms with van der Waals surface area (Å²) < 4.78 is 44.7. The van der Waals surface area contributed by atoms with Crippen molar-refractivity contribution in [2.45, 2.75) is 12.7 Å². The molecule has 0 spiro atoms. The molecule has 0 aliphatic carbocycles. The van der Waals surface area contributed by atoms with E-state index in [1.165, 1.54) is 18.2 Å². The van der Waals surface area contributed by atoms with Crippen LogP contribution in [0.25, 0.3) is 0 Å². The van der Waals surface area contributed by atoms with Gasteiger partial charge < -0.3 is 14.8 Å². The van der Waals surface area contributed by atoms with Gasteiger partial charge in [0.1, 0.15) is 6.61 Å². The van der Waals surface area contributed by atoms with E-state index < -0.39 is 24.5 Å². The molecule has 0 aromatic heterocycles. The molecule has 20 heavy (non-hydrogen) atoms. The summed E-state index contributed by atoms with van der Waals surface area (Å²) in [5.41, 5.74) is 0.365. The van der Waals surface area contributed by atoms with Gasteiger partial charge in [0.25, 0.3) is 0 Å². The molecule has 9 heteroatoms. The number of hydrogen-bond donors (Lipinski definition) is 1. The number of hydrogen-bond acceptors (Lipinski definition) is 5. The zero-order valence-corrected chi connectivity index (χ0v) is 10.6. The fourth-order valence-corrected chi connectivity index (χ4v) is 1.40. The Kier molecular flexibility index (Phi) is 5.71. The van der Waals surface area contributed by atoms with Gasteiger partial charge in [-0.3, -0.25) is 10.1 Å². The van der Waals surface area contributed by atoms with E-state index in [4.69, 9.17) is 4.74 Å². The summed E-state index contributed by atoms with van der Waals surface area (Å²) in [6.07, 6.45) is -4.47. The van der Waals surface area contributed by atoms with E-state index in [2.05, 4.69) is 10.1 Å². The number of ether oxygens (including phenoxy) is 2. The molecule has 0 saturated heterocycles. The van der Waals surface area contributed by atoms with Gasteiger partial charge in [-0.05, 0) is 18.7 Å². The minimum absolute atomic E-state index is 0.134. The molecule has 0 bridgehead atoms. The monoisotopic (exact) mass is 294 g/mol. The highest BCUT2D eigenvalue weighted by atomic mass is 19.4. The van der Waals surface area contributed by atoms with E-state index in [0.29, 0.717) is 12.1 Å². The van der Waals surface area contributed by atoms with Crippen LogP contribution in [0.1, 0.15) is 5.56 Å². The fraction of sp³-hybridized carbons (Fsp3) is 0.455. The Hall–Kier alpha value is -1.87. The van der Waals surface area contributed by atoms with Crippen molar-refractivity contribution in [1.82, 2.24) is 5.32 Å². The summed E-state index contributed by atoms with van der Waals surface area (Å²) in [7, 11) is 1.69. The van der Waals surface area contributed by atoms with Gasteiger partial charge in [-0.15, -0.1) is 0 Å². The number of nitro benzene ring substituents is 1. The van der Waals surface area contributed by atoms with Gasteiger partial charge in [-0.1, -0.05) is 6.07 Å². The maximum atomic E-state index is 11.9. The minimum Gasteiger partial charge on any atom is -0.460 e. The molecule has 112 valence electrons. The topological polar surface area (TPSA) is 73.6 Å². The molecule has 1 rings (SSSR count). The zero-order chi connectivity index (χ0) is 15.2. The summed E-state index contributed by atoms with van der Waals surface area (Å²) in [6, 6.07) is 4.13. The van der Waals surface area contributed by atoms with Crippen molar-refractivity contribution in [3.8, 4) is 5.75 Å². The van der Waals surface area contributed by atoms with Crippen LogP contribution < -0.4 is 10.1 Å². The molecule has 0 aliphatic rings. The molecule has 6 nitrogen and oxygen atoms in total.